The van der Waals surface area contributed by atoms with Crippen LogP contribution in [0.5, 0.6) is 0 Å². The number of anilines is 1. The van der Waals surface area contributed by atoms with Crippen LogP contribution in [0.4, 0.5) is 5.69 Å². The second-order valence-electron chi connectivity index (χ2n) is 6.80. The highest BCUT2D eigenvalue weighted by molar-refractivity contribution is 7.89. The largest absolute Gasteiger partial charge is 0.322 e. The summed E-state index contributed by atoms with van der Waals surface area (Å²) in [5, 5.41) is 2.83. The molecule has 6 nitrogen and oxygen atoms in total. The Balaban J connectivity index is 1.72. The lowest BCUT2D eigenvalue weighted by Crippen LogP contribution is -2.30. The molecule has 0 fully saturated rings. The van der Waals surface area contributed by atoms with E-state index in [-0.39, 0.29) is 10.8 Å². The van der Waals surface area contributed by atoms with Gasteiger partial charge in [0.05, 0.1) is 4.90 Å². The third-order valence-corrected chi connectivity index (χ3v) is 6.85. The molecule has 1 amide bonds. The SMILES string of the molecule is CCN(CC)S(=O)(=O)c1cccc(C(=O)Nc2ccc(Cc3ccncc3)cc2)c1. The number of nitrogens with one attached hydrogen (secondary N) is 1. The van der Waals surface area contributed by atoms with E-state index in [4.69, 9.17) is 0 Å². The smallest absolute Gasteiger partial charge is 0.255 e. The molecule has 0 atom stereocenters. The van der Waals surface area contributed by atoms with Gasteiger partial charge >= 0.3 is 0 Å². The maximum Gasteiger partial charge on any atom is 0.255 e. The maximum absolute atomic E-state index is 12.7. The highest BCUT2D eigenvalue weighted by Crippen LogP contribution is 2.19. The molecule has 0 radical (unpaired) electrons. The number of benzene rings is 2. The number of carbonyl (C=O) groups excluding carboxylic acids is 1. The number of pyridine rings is 1. The Morgan fingerprint density at radius 3 is 2.20 bits per heavy atom. The van der Waals surface area contributed by atoms with E-state index in [1.54, 1.807) is 38.4 Å². The Bertz CT molecular complexity index is 1090. The highest BCUT2D eigenvalue weighted by Gasteiger charge is 2.22. The lowest BCUT2D eigenvalue weighted by molar-refractivity contribution is 0.102. The number of hydrogen-bond donors (Lipinski definition) is 1. The summed E-state index contributed by atoms with van der Waals surface area (Å²) in [4.78, 5) is 16.8. The summed E-state index contributed by atoms with van der Waals surface area (Å²) < 4.78 is 26.8. The van der Waals surface area contributed by atoms with Crippen LogP contribution >= 0.6 is 0 Å². The van der Waals surface area contributed by atoms with E-state index >= 15 is 0 Å². The molecule has 3 rings (SSSR count). The lowest BCUT2D eigenvalue weighted by Gasteiger charge is -2.18. The van der Waals surface area contributed by atoms with Gasteiger partial charge in [-0.2, -0.15) is 4.31 Å². The zero-order valence-electron chi connectivity index (χ0n) is 17.1. The molecule has 0 aliphatic carbocycles. The molecule has 7 heteroatoms. The van der Waals surface area contributed by atoms with Gasteiger partial charge in [0, 0.05) is 36.7 Å². The quantitative estimate of drug-likeness (QED) is 0.595. The Morgan fingerprint density at radius 2 is 1.57 bits per heavy atom. The highest BCUT2D eigenvalue weighted by atomic mass is 32.2. The number of amides is 1. The van der Waals surface area contributed by atoms with Crippen molar-refractivity contribution in [3.8, 4) is 0 Å². The van der Waals surface area contributed by atoms with Crippen molar-refractivity contribution >= 4 is 21.6 Å². The first-order valence-corrected chi connectivity index (χ1v) is 11.3. The molecule has 2 aromatic carbocycles. The van der Waals surface area contributed by atoms with Gasteiger partial charge in [-0.05, 0) is 60.0 Å². The van der Waals surface area contributed by atoms with E-state index in [0.29, 0.717) is 24.3 Å². The zero-order chi connectivity index (χ0) is 21.6. The molecular weight excluding hydrogens is 398 g/mol. The number of aromatic nitrogens is 1. The van der Waals surface area contributed by atoms with Gasteiger partial charge in [-0.1, -0.05) is 32.0 Å². The Kier molecular flexibility index (Phi) is 6.97. The van der Waals surface area contributed by atoms with Crippen molar-refractivity contribution in [2.24, 2.45) is 0 Å². The third-order valence-electron chi connectivity index (χ3n) is 4.81. The van der Waals surface area contributed by atoms with Crippen LogP contribution in [0.15, 0.2) is 78.0 Å². The first kappa shape index (κ1) is 21.7. The molecule has 0 spiro atoms. The molecule has 0 saturated carbocycles. The van der Waals surface area contributed by atoms with Crippen molar-refractivity contribution < 1.29 is 13.2 Å². The van der Waals surface area contributed by atoms with Crippen LogP contribution in [-0.2, 0) is 16.4 Å². The van der Waals surface area contributed by atoms with Crippen molar-refractivity contribution in [1.29, 1.82) is 0 Å². The Hall–Kier alpha value is -3.03. The summed E-state index contributed by atoms with van der Waals surface area (Å²) in [6, 6.07) is 17.6. The van der Waals surface area contributed by atoms with Gasteiger partial charge in [-0.3, -0.25) is 9.78 Å². The van der Waals surface area contributed by atoms with Gasteiger partial charge in [0.1, 0.15) is 0 Å². The summed E-state index contributed by atoms with van der Waals surface area (Å²) in [5.41, 5.74) is 3.22. The van der Waals surface area contributed by atoms with Crippen molar-refractivity contribution in [2.75, 3.05) is 18.4 Å². The second-order valence-corrected chi connectivity index (χ2v) is 8.74. The van der Waals surface area contributed by atoms with Crippen LogP contribution in [0.3, 0.4) is 0 Å². The van der Waals surface area contributed by atoms with Gasteiger partial charge < -0.3 is 5.32 Å². The fourth-order valence-electron chi connectivity index (χ4n) is 3.16. The average Bonchev–Trinajstić information content (AvgIpc) is 2.76. The van der Waals surface area contributed by atoms with Crippen molar-refractivity contribution in [2.45, 2.75) is 25.2 Å². The summed E-state index contributed by atoms with van der Waals surface area (Å²) in [6.07, 6.45) is 4.30. The van der Waals surface area contributed by atoms with Crippen LogP contribution < -0.4 is 5.32 Å². The van der Waals surface area contributed by atoms with E-state index < -0.39 is 10.0 Å². The molecule has 3 aromatic rings. The first-order valence-electron chi connectivity index (χ1n) is 9.83. The minimum absolute atomic E-state index is 0.117. The molecule has 156 valence electrons. The maximum atomic E-state index is 12.7. The minimum Gasteiger partial charge on any atom is -0.322 e. The summed E-state index contributed by atoms with van der Waals surface area (Å²) in [6.45, 7) is 4.33. The standard InChI is InChI=1S/C23H25N3O3S/c1-3-26(4-2)30(28,29)22-7-5-6-20(17-22)23(27)25-21-10-8-18(9-11-21)16-19-12-14-24-15-13-19/h5-15,17H,3-4,16H2,1-2H3,(H,25,27). The molecule has 0 saturated heterocycles. The molecule has 0 unspecified atom stereocenters. The van der Waals surface area contributed by atoms with Crippen LogP contribution in [0.2, 0.25) is 0 Å². The van der Waals surface area contributed by atoms with Crippen LogP contribution in [0.1, 0.15) is 35.3 Å². The van der Waals surface area contributed by atoms with Crippen LogP contribution in [0.25, 0.3) is 0 Å². The summed E-state index contributed by atoms with van der Waals surface area (Å²) >= 11 is 0. The lowest BCUT2D eigenvalue weighted by atomic mass is 10.1. The van der Waals surface area contributed by atoms with E-state index in [2.05, 4.69) is 10.3 Å². The Labute approximate surface area is 177 Å². The molecule has 0 aliphatic heterocycles. The number of hydrogen-bond acceptors (Lipinski definition) is 4. The predicted octanol–water partition coefficient (Wildman–Crippen LogP) is 3.96. The monoisotopic (exact) mass is 423 g/mol. The minimum atomic E-state index is -3.62. The molecule has 1 N–H and O–H groups in total. The van der Waals surface area contributed by atoms with Crippen LogP contribution in [0, 0.1) is 0 Å². The topological polar surface area (TPSA) is 79.4 Å². The average molecular weight is 424 g/mol. The summed E-state index contributed by atoms with van der Waals surface area (Å²) in [7, 11) is -3.62. The normalized spacial score (nSPS) is 11.4. The number of rotatable bonds is 8. The molecular formula is C23H25N3O3S. The van der Waals surface area contributed by atoms with E-state index in [1.807, 2.05) is 36.4 Å². The summed E-state index contributed by atoms with van der Waals surface area (Å²) in [5.74, 6) is -0.353. The molecule has 1 aromatic heterocycles. The van der Waals surface area contributed by atoms with Crippen molar-refractivity contribution in [3.63, 3.8) is 0 Å². The predicted molar refractivity (Wildman–Crippen MR) is 118 cm³/mol. The first-order chi connectivity index (χ1) is 14.4. The third kappa shape index (κ3) is 5.11. The number of sulfonamides is 1. The fourth-order valence-corrected chi connectivity index (χ4v) is 4.66. The van der Waals surface area contributed by atoms with Crippen molar-refractivity contribution in [3.05, 3.63) is 89.7 Å². The van der Waals surface area contributed by atoms with Gasteiger partial charge in [-0.15, -0.1) is 0 Å². The van der Waals surface area contributed by atoms with Gasteiger partial charge in [0.2, 0.25) is 10.0 Å². The van der Waals surface area contributed by atoms with Gasteiger partial charge in [-0.25, -0.2) is 8.42 Å². The zero-order valence-corrected chi connectivity index (χ0v) is 17.9. The molecule has 0 aliphatic rings. The molecule has 0 bridgehead atoms. The van der Waals surface area contributed by atoms with E-state index in [0.717, 1.165) is 17.5 Å². The van der Waals surface area contributed by atoms with Crippen LogP contribution in [-0.4, -0.2) is 36.7 Å². The van der Waals surface area contributed by atoms with E-state index in [1.165, 1.54) is 16.4 Å². The Morgan fingerprint density at radius 1 is 0.933 bits per heavy atom. The molecule has 1 heterocycles. The van der Waals surface area contributed by atoms with Crippen molar-refractivity contribution in [1.82, 2.24) is 9.29 Å². The van der Waals surface area contributed by atoms with Gasteiger partial charge in [0.15, 0.2) is 0 Å². The number of carbonyl (C=O) groups is 1. The van der Waals surface area contributed by atoms with Gasteiger partial charge in [0.25, 0.3) is 5.91 Å². The van der Waals surface area contributed by atoms with E-state index in [9.17, 15) is 13.2 Å². The number of nitrogens with zero attached hydrogens (tertiary/aromatic N) is 2. The molecule has 30 heavy (non-hydrogen) atoms. The second kappa shape index (κ2) is 9.65. The fraction of sp³-hybridized carbons (Fsp3) is 0.217.